The van der Waals surface area contributed by atoms with Crippen LogP contribution >= 0.6 is 0 Å². The summed E-state index contributed by atoms with van der Waals surface area (Å²) in [5, 5.41) is 1.16. The summed E-state index contributed by atoms with van der Waals surface area (Å²) in [7, 11) is 0. The zero-order chi connectivity index (χ0) is 16.4. The van der Waals surface area contributed by atoms with E-state index in [1.165, 1.54) is 16.7 Å². The van der Waals surface area contributed by atoms with Gasteiger partial charge in [-0.05, 0) is 36.2 Å². The topological polar surface area (TPSA) is 38.2 Å². The van der Waals surface area contributed by atoms with Gasteiger partial charge in [0.15, 0.2) is 0 Å². The molecule has 1 aromatic carbocycles. The van der Waals surface area contributed by atoms with Crippen molar-refractivity contribution in [3.05, 3.63) is 59.9 Å². The predicted molar refractivity (Wildman–Crippen MR) is 95.8 cm³/mol. The first-order valence-electron chi connectivity index (χ1n) is 8.41. The number of pyridine rings is 2. The van der Waals surface area contributed by atoms with Crippen molar-refractivity contribution in [2.75, 3.05) is 26.3 Å². The van der Waals surface area contributed by atoms with Crippen molar-refractivity contribution in [3.63, 3.8) is 0 Å². The quantitative estimate of drug-likeness (QED) is 0.741. The molecule has 2 aromatic heterocycles. The lowest BCUT2D eigenvalue weighted by molar-refractivity contribution is 0.0341. The second-order valence-corrected chi connectivity index (χ2v) is 6.27. The number of ether oxygens (including phenoxy) is 1. The summed E-state index contributed by atoms with van der Waals surface area (Å²) in [6.45, 7) is 6.71. The van der Waals surface area contributed by atoms with Gasteiger partial charge in [-0.2, -0.15) is 0 Å². The molecule has 0 unspecified atom stereocenters. The van der Waals surface area contributed by atoms with E-state index in [2.05, 4.69) is 47.1 Å². The number of aromatic nitrogens is 2. The minimum Gasteiger partial charge on any atom is -0.379 e. The Labute approximate surface area is 142 Å². The smallest absolute Gasteiger partial charge is 0.0711 e. The average Bonchev–Trinajstić information content (AvgIpc) is 2.63. The van der Waals surface area contributed by atoms with Crippen molar-refractivity contribution in [3.8, 4) is 11.3 Å². The van der Waals surface area contributed by atoms with Crippen LogP contribution in [0, 0.1) is 6.92 Å². The molecule has 1 aliphatic heterocycles. The fourth-order valence-electron chi connectivity index (χ4n) is 3.28. The number of fused-ring (bicyclic) bond motifs is 1. The summed E-state index contributed by atoms with van der Waals surface area (Å²) < 4.78 is 5.41. The van der Waals surface area contributed by atoms with Gasteiger partial charge >= 0.3 is 0 Å². The number of morpholine rings is 1. The average molecular weight is 319 g/mol. The van der Waals surface area contributed by atoms with Crippen molar-refractivity contribution in [1.29, 1.82) is 0 Å². The highest BCUT2D eigenvalue weighted by atomic mass is 16.5. The van der Waals surface area contributed by atoms with E-state index >= 15 is 0 Å². The maximum Gasteiger partial charge on any atom is 0.0711 e. The number of aryl methyl sites for hydroxylation is 1. The lowest BCUT2D eigenvalue weighted by Gasteiger charge is -2.26. The summed E-state index contributed by atoms with van der Waals surface area (Å²) in [5.41, 5.74) is 5.67. The van der Waals surface area contributed by atoms with E-state index in [-0.39, 0.29) is 0 Å². The highest BCUT2D eigenvalue weighted by Crippen LogP contribution is 2.29. The fourth-order valence-corrected chi connectivity index (χ4v) is 3.28. The first-order valence-corrected chi connectivity index (χ1v) is 8.41. The Bertz CT molecular complexity index is 839. The Kier molecular flexibility index (Phi) is 4.24. The largest absolute Gasteiger partial charge is 0.379 e. The molecule has 1 fully saturated rings. The van der Waals surface area contributed by atoms with Gasteiger partial charge in [0.25, 0.3) is 0 Å². The Morgan fingerprint density at radius 2 is 1.92 bits per heavy atom. The van der Waals surface area contributed by atoms with Crippen molar-refractivity contribution < 1.29 is 4.74 Å². The molecule has 122 valence electrons. The molecule has 0 atom stereocenters. The molecule has 1 aliphatic rings. The van der Waals surface area contributed by atoms with Crippen molar-refractivity contribution in [2.45, 2.75) is 13.5 Å². The van der Waals surface area contributed by atoms with Crippen molar-refractivity contribution in [2.24, 2.45) is 0 Å². The van der Waals surface area contributed by atoms with Crippen LogP contribution in [0.2, 0.25) is 0 Å². The Morgan fingerprint density at radius 3 is 2.71 bits per heavy atom. The van der Waals surface area contributed by atoms with E-state index in [1.54, 1.807) is 0 Å². The normalized spacial score (nSPS) is 15.7. The maximum absolute atomic E-state index is 5.41. The van der Waals surface area contributed by atoms with Crippen LogP contribution in [0.25, 0.3) is 22.2 Å². The predicted octanol–water partition coefficient (Wildman–Crippen LogP) is 3.44. The molecule has 4 nitrogen and oxygen atoms in total. The molecule has 4 heteroatoms. The maximum atomic E-state index is 5.41. The number of benzene rings is 1. The first kappa shape index (κ1) is 15.2. The summed E-state index contributed by atoms with van der Waals surface area (Å²) >= 11 is 0. The SMILES string of the molecule is Cc1ccc2ncccc2c1-c1ccc(CN2CCOCC2)cn1. The Hall–Kier alpha value is -2.30. The van der Waals surface area contributed by atoms with Crippen LogP contribution in [0.3, 0.4) is 0 Å². The molecular weight excluding hydrogens is 298 g/mol. The Morgan fingerprint density at radius 1 is 1.04 bits per heavy atom. The first-order chi connectivity index (χ1) is 11.8. The van der Waals surface area contributed by atoms with Gasteiger partial charge in [0.2, 0.25) is 0 Å². The number of rotatable bonds is 3. The van der Waals surface area contributed by atoms with E-state index in [4.69, 9.17) is 9.72 Å². The van der Waals surface area contributed by atoms with Gasteiger partial charge in [-0.15, -0.1) is 0 Å². The third-order valence-corrected chi connectivity index (χ3v) is 4.58. The van der Waals surface area contributed by atoms with E-state index in [9.17, 15) is 0 Å². The molecule has 1 saturated heterocycles. The second-order valence-electron chi connectivity index (χ2n) is 6.27. The van der Waals surface area contributed by atoms with Crippen LogP contribution < -0.4 is 0 Å². The van der Waals surface area contributed by atoms with Gasteiger partial charge in [0, 0.05) is 43.0 Å². The van der Waals surface area contributed by atoms with Gasteiger partial charge in [0.1, 0.15) is 0 Å². The fraction of sp³-hybridized carbons (Fsp3) is 0.300. The summed E-state index contributed by atoms with van der Waals surface area (Å²) in [4.78, 5) is 11.6. The van der Waals surface area contributed by atoms with E-state index in [0.717, 1.165) is 49.4 Å². The van der Waals surface area contributed by atoms with Crippen LogP contribution in [0.1, 0.15) is 11.1 Å². The highest BCUT2D eigenvalue weighted by Gasteiger charge is 2.12. The van der Waals surface area contributed by atoms with Crippen molar-refractivity contribution >= 4 is 10.9 Å². The summed E-state index contributed by atoms with van der Waals surface area (Å²) in [5.74, 6) is 0. The van der Waals surface area contributed by atoms with Crippen molar-refractivity contribution in [1.82, 2.24) is 14.9 Å². The zero-order valence-corrected chi connectivity index (χ0v) is 13.9. The van der Waals surface area contributed by atoms with Crippen LogP contribution in [0.5, 0.6) is 0 Å². The molecule has 0 aliphatic carbocycles. The van der Waals surface area contributed by atoms with Crippen LogP contribution in [0.15, 0.2) is 48.8 Å². The highest BCUT2D eigenvalue weighted by molar-refractivity contribution is 5.95. The molecule has 3 aromatic rings. The van der Waals surface area contributed by atoms with Gasteiger partial charge < -0.3 is 4.74 Å². The lowest BCUT2D eigenvalue weighted by Crippen LogP contribution is -2.35. The van der Waals surface area contributed by atoms with Crippen LogP contribution in [0.4, 0.5) is 0 Å². The van der Waals surface area contributed by atoms with Gasteiger partial charge in [-0.3, -0.25) is 14.9 Å². The second kappa shape index (κ2) is 6.67. The molecule has 0 saturated carbocycles. The van der Waals surface area contributed by atoms with Gasteiger partial charge in [-0.25, -0.2) is 0 Å². The summed E-state index contributed by atoms with van der Waals surface area (Å²) in [6.07, 6.45) is 3.83. The van der Waals surface area contributed by atoms with E-state index in [1.807, 2.05) is 18.5 Å². The monoisotopic (exact) mass is 319 g/mol. The third kappa shape index (κ3) is 3.03. The molecule has 0 bridgehead atoms. The molecule has 24 heavy (non-hydrogen) atoms. The molecule has 0 radical (unpaired) electrons. The van der Waals surface area contributed by atoms with E-state index < -0.39 is 0 Å². The minimum absolute atomic E-state index is 0.827. The standard InChI is InChI=1S/C20H21N3O/c1-15-4-6-18-17(3-2-8-21-18)20(15)19-7-5-16(13-22-19)14-23-9-11-24-12-10-23/h2-8,13H,9-12,14H2,1H3. The molecule has 0 amide bonds. The lowest BCUT2D eigenvalue weighted by atomic mass is 9.99. The third-order valence-electron chi connectivity index (χ3n) is 4.58. The number of hydrogen-bond acceptors (Lipinski definition) is 4. The number of nitrogens with zero attached hydrogens (tertiary/aromatic N) is 3. The van der Waals surface area contributed by atoms with Gasteiger partial charge in [-0.1, -0.05) is 18.2 Å². The summed E-state index contributed by atoms with van der Waals surface area (Å²) in [6, 6.07) is 12.6. The minimum atomic E-state index is 0.827. The zero-order valence-electron chi connectivity index (χ0n) is 13.9. The molecule has 3 heterocycles. The molecular formula is C20H21N3O. The Balaban J connectivity index is 1.64. The van der Waals surface area contributed by atoms with Crippen LogP contribution in [-0.2, 0) is 11.3 Å². The number of hydrogen-bond donors (Lipinski definition) is 0. The van der Waals surface area contributed by atoms with Crippen LogP contribution in [-0.4, -0.2) is 41.2 Å². The molecule has 0 N–H and O–H groups in total. The van der Waals surface area contributed by atoms with E-state index in [0.29, 0.717) is 0 Å². The molecule has 4 rings (SSSR count). The molecule has 0 spiro atoms. The van der Waals surface area contributed by atoms with Gasteiger partial charge in [0.05, 0.1) is 24.4 Å².